The molecule has 1 aliphatic heterocycles. The second-order valence-corrected chi connectivity index (χ2v) is 7.95. The highest BCUT2D eigenvalue weighted by Gasteiger charge is 2.27. The molecular formula is C19H30N4O3. The van der Waals surface area contributed by atoms with Crippen molar-refractivity contribution in [1.82, 2.24) is 10.3 Å². The summed E-state index contributed by atoms with van der Waals surface area (Å²) in [5.74, 6) is 0.0632. The number of pyridine rings is 1. The third-order valence-corrected chi connectivity index (χ3v) is 4.09. The first-order valence-electron chi connectivity index (χ1n) is 9.17. The number of nitrogens with zero attached hydrogens (tertiary/aromatic N) is 2. The van der Waals surface area contributed by atoms with E-state index in [1.54, 1.807) is 33.0 Å². The molecule has 0 unspecified atom stereocenters. The van der Waals surface area contributed by atoms with Crippen molar-refractivity contribution in [1.29, 1.82) is 0 Å². The molecule has 1 aromatic heterocycles. The number of carbonyl (C=O) groups is 2. The summed E-state index contributed by atoms with van der Waals surface area (Å²) >= 11 is 0. The van der Waals surface area contributed by atoms with Crippen LogP contribution in [0.15, 0.2) is 18.3 Å². The fourth-order valence-corrected chi connectivity index (χ4v) is 2.80. The van der Waals surface area contributed by atoms with Crippen molar-refractivity contribution in [3.05, 3.63) is 18.3 Å². The van der Waals surface area contributed by atoms with Gasteiger partial charge in [0.1, 0.15) is 17.5 Å². The molecule has 0 aromatic carbocycles. The summed E-state index contributed by atoms with van der Waals surface area (Å²) in [4.78, 5) is 31.2. The maximum absolute atomic E-state index is 12.6. The van der Waals surface area contributed by atoms with Gasteiger partial charge in [0.25, 0.3) is 0 Å². The van der Waals surface area contributed by atoms with Crippen LogP contribution >= 0.6 is 0 Å². The molecule has 2 rings (SSSR count). The molecule has 0 aliphatic carbocycles. The van der Waals surface area contributed by atoms with Gasteiger partial charge in [-0.15, -0.1) is 0 Å². The first-order chi connectivity index (χ1) is 12.2. The Balaban J connectivity index is 1.97. The van der Waals surface area contributed by atoms with Gasteiger partial charge in [-0.25, -0.2) is 9.78 Å². The number of alkyl carbamates (subject to hydrolysis) is 1. The van der Waals surface area contributed by atoms with E-state index in [1.807, 2.05) is 19.9 Å². The Morgan fingerprint density at radius 1 is 1.19 bits per heavy atom. The Bertz CT molecular complexity index is 617. The van der Waals surface area contributed by atoms with Crippen molar-refractivity contribution in [2.75, 3.05) is 23.3 Å². The molecule has 1 fully saturated rings. The lowest BCUT2D eigenvalue weighted by Crippen LogP contribution is -2.48. The maximum atomic E-state index is 12.6. The summed E-state index contributed by atoms with van der Waals surface area (Å²) in [5, 5.41) is 5.41. The molecule has 0 spiro atoms. The molecule has 0 radical (unpaired) electrons. The van der Waals surface area contributed by atoms with E-state index in [2.05, 4.69) is 20.5 Å². The highest BCUT2D eigenvalue weighted by molar-refractivity contribution is 5.96. The molecule has 144 valence electrons. The molecule has 0 saturated carbocycles. The largest absolute Gasteiger partial charge is 0.444 e. The molecule has 7 nitrogen and oxygen atoms in total. The topological polar surface area (TPSA) is 83.6 Å². The van der Waals surface area contributed by atoms with Gasteiger partial charge in [0, 0.05) is 13.1 Å². The number of ether oxygens (including phenoxy) is 1. The van der Waals surface area contributed by atoms with Gasteiger partial charge < -0.3 is 20.3 Å². The van der Waals surface area contributed by atoms with Gasteiger partial charge in [-0.3, -0.25) is 4.79 Å². The second kappa shape index (κ2) is 8.38. The molecule has 1 saturated heterocycles. The molecule has 1 aliphatic rings. The Labute approximate surface area is 155 Å². The van der Waals surface area contributed by atoms with Crippen molar-refractivity contribution in [3.8, 4) is 0 Å². The number of amides is 2. The van der Waals surface area contributed by atoms with E-state index in [0.29, 0.717) is 5.82 Å². The second-order valence-electron chi connectivity index (χ2n) is 7.95. The van der Waals surface area contributed by atoms with E-state index < -0.39 is 17.7 Å². The number of hydrogen-bond acceptors (Lipinski definition) is 5. The fraction of sp³-hybridized carbons (Fsp3) is 0.632. The Kier molecular flexibility index (Phi) is 6.45. The summed E-state index contributed by atoms with van der Waals surface area (Å²) in [6.07, 6.45) is 3.56. The smallest absolute Gasteiger partial charge is 0.408 e. The molecule has 2 amide bonds. The number of carbonyl (C=O) groups excluding carboxylic acids is 2. The standard InChI is InChI=1S/C19H30N4O3/c1-13(2)16(22-18(25)26-19(3,4)5)17(24)21-15-9-8-14(12-20-15)23-10-6-7-11-23/h8-9,12-13,16H,6-7,10-11H2,1-5H3,(H,22,25)(H,20,21,24)/t16-/m1/s1. The van der Waals surface area contributed by atoms with Gasteiger partial charge in [0.05, 0.1) is 11.9 Å². The highest BCUT2D eigenvalue weighted by Crippen LogP contribution is 2.20. The van der Waals surface area contributed by atoms with Crippen LogP contribution in [0.2, 0.25) is 0 Å². The van der Waals surface area contributed by atoms with E-state index in [4.69, 9.17) is 4.74 Å². The van der Waals surface area contributed by atoms with Crippen LogP contribution in [0, 0.1) is 5.92 Å². The third-order valence-electron chi connectivity index (χ3n) is 4.09. The zero-order valence-electron chi connectivity index (χ0n) is 16.3. The molecule has 1 aromatic rings. The number of nitrogens with one attached hydrogen (secondary N) is 2. The average Bonchev–Trinajstić information content (AvgIpc) is 3.05. The first-order valence-corrected chi connectivity index (χ1v) is 9.17. The summed E-state index contributed by atoms with van der Waals surface area (Å²) in [7, 11) is 0. The molecule has 26 heavy (non-hydrogen) atoms. The lowest BCUT2D eigenvalue weighted by atomic mass is 10.0. The van der Waals surface area contributed by atoms with E-state index in [-0.39, 0.29) is 11.8 Å². The predicted molar refractivity (Wildman–Crippen MR) is 102 cm³/mol. The van der Waals surface area contributed by atoms with Gasteiger partial charge in [-0.1, -0.05) is 13.8 Å². The summed E-state index contributed by atoms with van der Waals surface area (Å²) in [6.45, 7) is 11.2. The van der Waals surface area contributed by atoms with E-state index in [1.165, 1.54) is 12.8 Å². The lowest BCUT2D eigenvalue weighted by Gasteiger charge is -2.25. The minimum Gasteiger partial charge on any atom is -0.444 e. The van der Waals surface area contributed by atoms with Crippen LogP contribution in [0.1, 0.15) is 47.5 Å². The number of aromatic nitrogens is 1. The fourth-order valence-electron chi connectivity index (χ4n) is 2.80. The van der Waals surface area contributed by atoms with Gasteiger partial charge in [0.15, 0.2) is 0 Å². The Hall–Kier alpha value is -2.31. The maximum Gasteiger partial charge on any atom is 0.408 e. The Morgan fingerprint density at radius 2 is 1.85 bits per heavy atom. The number of rotatable bonds is 5. The molecule has 0 bridgehead atoms. The number of anilines is 2. The Morgan fingerprint density at radius 3 is 2.35 bits per heavy atom. The van der Waals surface area contributed by atoms with Crippen molar-refractivity contribution in [2.45, 2.75) is 59.1 Å². The summed E-state index contributed by atoms with van der Waals surface area (Å²) < 4.78 is 5.24. The van der Waals surface area contributed by atoms with Crippen LogP contribution in [0.25, 0.3) is 0 Å². The molecule has 7 heteroatoms. The monoisotopic (exact) mass is 362 g/mol. The van der Waals surface area contributed by atoms with Crippen LogP contribution in [0.3, 0.4) is 0 Å². The number of hydrogen-bond donors (Lipinski definition) is 2. The van der Waals surface area contributed by atoms with Crippen LogP contribution in [0.4, 0.5) is 16.3 Å². The lowest BCUT2D eigenvalue weighted by molar-refractivity contribution is -0.119. The third kappa shape index (κ3) is 5.89. The molecule has 2 heterocycles. The predicted octanol–water partition coefficient (Wildman–Crippen LogP) is 3.17. The van der Waals surface area contributed by atoms with Crippen LogP contribution in [0.5, 0.6) is 0 Å². The van der Waals surface area contributed by atoms with Crippen LogP contribution in [-0.4, -0.2) is 41.7 Å². The van der Waals surface area contributed by atoms with Crippen LogP contribution in [-0.2, 0) is 9.53 Å². The normalized spacial score (nSPS) is 15.7. The zero-order valence-corrected chi connectivity index (χ0v) is 16.3. The van der Waals surface area contributed by atoms with E-state index in [0.717, 1.165) is 18.8 Å². The van der Waals surface area contributed by atoms with E-state index >= 15 is 0 Å². The zero-order chi connectivity index (χ0) is 19.3. The summed E-state index contributed by atoms with van der Waals surface area (Å²) in [5.41, 5.74) is 0.447. The van der Waals surface area contributed by atoms with Crippen molar-refractivity contribution in [3.63, 3.8) is 0 Å². The van der Waals surface area contributed by atoms with Gasteiger partial charge in [-0.05, 0) is 51.7 Å². The SMILES string of the molecule is CC(C)[C@@H](NC(=O)OC(C)(C)C)C(=O)Nc1ccc(N2CCCC2)cn1. The van der Waals surface area contributed by atoms with Gasteiger partial charge >= 0.3 is 6.09 Å². The highest BCUT2D eigenvalue weighted by atomic mass is 16.6. The molecular weight excluding hydrogens is 332 g/mol. The van der Waals surface area contributed by atoms with Crippen molar-refractivity contribution < 1.29 is 14.3 Å². The molecule has 2 N–H and O–H groups in total. The minimum absolute atomic E-state index is 0.0913. The van der Waals surface area contributed by atoms with Crippen LogP contribution < -0.4 is 15.5 Å². The summed E-state index contributed by atoms with van der Waals surface area (Å²) in [6, 6.07) is 3.04. The quantitative estimate of drug-likeness (QED) is 0.840. The van der Waals surface area contributed by atoms with Gasteiger partial charge in [0.2, 0.25) is 5.91 Å². The van der Waals surface area contributed by atoms with Crippen molar-refractivity contribution in [2.24, 2.45) is 5.92 Å². The van der Waals surface area contributed by atoms with Crippen molar-refractivity contribution >= 4 is 23.5 Å². The minimum atomic E-state index is -0.704. The first kappa shape index (κ1) is 20.0. The molecule has 1 atom stereocenters. The van der Waals surface area contributed by atoms with Gasteiger partial charge in [-0.2, -0.15) is 0 Å². The average molecular weight is 362 g/mol. The van der Waals surface area contributed by atoms with E-state index in [9.17, 15) is 9.59 Å².